The molecule has 0 aliphatic carbocycles. The molecule has 0 unspecified atom stereocenters. The third kappa shape index (κ3) is 4.07. The first-order valence-corrected chi connectivity index (χ1v) is 5.76. The number of carbonyl (C=O) groups excluding carboxylic acids is 1. The van der Waals surface area contributed by atoms with Gasteiger partial charge in [-0.25, -0.2) is 4.98 Å². The van der Waals surface area contributed by atoms with Gasteiger partial charge < -0.3 is 16.0 Å². The van der Waals surface area contributed by atoms with Gasteiger partial charge in [0, 0.05) is 19.2 Å². The number of rotatable bonds is 5. The van der Waals surface area contributed by atoms with Gasteiger partial charge in [0.25, 0.3) is 0 Å². The van der Waals surface area contributed by atoms with Crippen LogP contribution in [0, 0.1) is 0 Å². The lowest BCUT2D eigenvalue weighted by atomic mass is 10.4. The Kier molecular flexibility index (Phi) is 4.96. The minimum Gasteiger partial charge on any atom is -0.368 e. The van der Waals surface area contributed by atoms with Crippen molar-refractivity contribution in [1.82, 2.24) is 15.3 Å². The minimum atomic E-state index is -0.0670. The highest BCUT2D eigenvalue weighted by molar-refractivity contribution is 6.29. The van der Waals surface area contributed by atoms with Gasteiger partial charge in [-0.1, -0.05) is 11.6 Å². The average molecular weight is 258 g/mol. The molecule has 0 spiro atoms. The minimum absolute atomic E-state index is 0.0670. The average Bonchev–Trinajstić information content (AvgIpc) is 2.24. The van der Waals surface area contributed by atoms with E-state index in [0.717, 1.165) is 0 Å². The zero-order valence-electron chi connectivity index (χ0n) is 9.90. The molecule has 6 nitrogen and oxygen atoms in total. The van der Waals surface area contributed by atoms with Gasteiger partial charge in [-0.3, -0.25) is 4.79 Å². The summed E-state index contributed by atoms with van der Waals surface area (Å²) in [6, 6.07) is 1.58. The number of hydrogen-bond donors (Lipinski definition) is 2. The Balaban J connectivity index is 2.82. The Bertz CT molecular complexity index is 378. The molecule has 1 aromatic rings. The molecule has 94 valence electrons. The molecule has 17 heavy (non-hydrogen) atoms. The number of likely N-dealkylation sites (N-methyl/N-ethyl adjacent to an activating group) is 2. The topological polar surface area (TPSA) is 84.1 Å². The first kappa shape index (κ1) is 13.5. The molecule has 0 fully saturated rings. The number of nitrogens with two attached hydrogens (primary N) is 1. The van der Waals surface area contributed by atoms with Crippen LogP contribution in [0.5, 0.6) is 0 Å². The normalized spacial score (nSPS) is 10.1. The van der Waals surface area contributed by atoms with Crippen LogP contribution in [0.2, 0.25) is 5.15 Å². The summed E-state index contributed by atoms with van der Waals surface area (Å²) in [5.41, 5.74) is 5.51. The summed E-state index contributed by atoms with van der Waals surface area (Å²) in [5.74, 6) is 0.584. The van der Waals surface area contributed by atoms with Crippen LogP contribution in [-0.4, -0.2) is 35.5 Å². The number of nitrogen functional groups attached to an aromatic ring is 1. The van der Waals surface area contributed by atoms with Crippen molar-refractivity contribution in [3.05, 3.63) is 11.2 Å². The Labute approximate surface area is 105 Å². The maximum atomic E-state index is 11.5. The molecule has 0 aliphatic rings. The number of nitrogens with one attached hydrogen (secondary N) is 1. The van der Waals surface area contributed by atoms with Crippen LogP contribution < -0.4 is 16.0 Å². The van der Waals surface area contributed by atoms with E-state index in [1.54, 1.807) is 11.0 Å². The molecule has 1 rings (SSSR count). The van der Waals surface area contributed by atoms with Crippen LogP contribution in [-0.2, 0) is 4.79 Å². The summed E-state index contributed by atoms with van der Waals surface area (Å²) in [6.07, 6.45) is 0. The van der Waals surface area contributed by atoms with E-state index in [0.29, 0.717) is 18.9 Å². The highest BCUT2D eigenvalue weighted by Gasteiger charge is 2.12. The second kappa shape index (κ2) is 6.24. The van der Waals surface area contributed by atoms with Crippen molar-refractivity contribution in [2.24, 2.45) is 0 Å². The third-order valence-corrected chi connectivity index (χ3v) is 2.31. The van der Waals surface area contributed by atoms with Crippen LogP contribution in [0.4, 0.5) is 11.8 Å². The molecule has 0 bridgehead atoms. The lowest BCUT2D eigenvalue weighted by molar-refractivity contribution is -0.119. The van der Waals surface area contributed by atoms with Crippen LogP contribution in [0.1, 0.15) is 13.8 Å². The predicted octanol–water partition coefficient (Wildman–Crippen LogP) is 0.675. The van der Waals surface area contributed by atoms with Crippen molar-refractivity contribution in [3.63, 3.8) is 0 Å². The van der Waals surface area contributed by atoms with E-state index >= 15 is 0 Å². The van der Waals surface area contributed by atoms with Gasteiger partial charge >= 0.3 is 0 Å². The van der Waals surface area contributed by atoms with E-state index in [4.69, 9.17) is 17.3 Å². The first-order chi connectivity index (χ1) is 8.06. The van der Waals surface area contributed by atoms with E-state index in [2.05, 4.69) is 15.3 Å². The second-order valence-electron chi connectivity index (χ2n) is 3.37. The summed E-state index contributed by atoms with van der Waals surface area (Å²) < 4.78 is 0. The lowest BCUT2D eigenvalue weighted by Crippen LogP contribution is -2.37. The van der Waals surface area contributed by atoms with Crippen LogP contribution >= 0.6 is 11.6 Å². The summed E-state index contributed by atoms with van der Waals surface area (Å²) in [5, 5.41) is 2.99. The fourth-order valence-corrected chi connectivity index (χ4v) is 1.55. The maximum absolute atomic E-state index is 11.5. The van der Waals surface area contributed by atoms with Gasteiger partial charge in [-0.2, -0.15) is 4.98 Å². The Hall–Kier alpha value is -1.56. The van der Waals surface area contributed by atoms with Gasteiger partial charge in [0.15, 0.2) is 0 Å². The van der Waals surface area contributed by atoms with Gasteiger partial charge in [0.05, 0.1) is 6.54 Å². The van der Waals surface area contributed by atoms with Crippen molar-refractivity contribution in [1.29, 1.82) is 0 Å². The van der Waals surface area contributed by atoms with E-state index in [1.165, 1.54) is 0 Å². The first-order valence-electron chi connectivity index (χ1n) is 5.38. The Morgan fingerprint density at radius 1 is 1.53 bits per heavy atom. The molecule has 0 saturated carbocycles. The van der Waals surface area contributed by atoms with Crippen molar-refractivity contribution in [2.45, 2.75) is 13.8 Å². The number of anilines is 2. The monoisotopic (exact) mass is 257 g/mol. The van der Waals surface area contributed by atoms with E-state index in [9.17, 15) is 4.79 Å². The Morgan fingerprint density at radius 3 is 2.76 bits per heavy atom. The molecule has 1 heterocycles. The highest BCUT2D eigenvalue weighted by Crippen LogP contribution is 2.16. The van der Waals surface area contributed by atoms with Gasteiger partial charge in [0.1, 0.15) is 11.0 Å². The van der Waals surface area contributed by atoms with Crippen molar-refractivity contribution in [3.8, 4) is 0 Å². The molecular formula is C10H16ClN5O. The molecule has 1 aromatic heterocycles. The number of nitrogens with zero attached hydrogens (tertiary/aromatic N) is 3. The molecule has 7 heteroatoms. The van der Waals surface area contributed by atoms with Gasteiger partial charge in [0.2, 0.25) is 11.9 Å². The molecule has 0 saturated heterocycles. The lowest BCUT2D eigenvalue weighted by Gasteiger charge is -2.21. The van der Waals surface area contributed by atoms with Crippen LogP contribution in [0.15, 0.2) is 6.07 Å². The quantitative estimate of drug-likeness (QED) is 0.758. The number of aromatic nitrogens is 2. The molecule has 0 atom stereocenters. The fourth-order valence-electron chi connectivity index (χ4n) is 1.37. The molecule has 0 aromatic carbocycles. The fraction of sp³-hybridized carbons (Fsp3) is 0.500. The van der Waals surface area contributed by atoms with E-state index in [1.807, 2.05) is 13.8 Å². The highest BCUT2D eigenvalue weighted by atomic mass is 35.5. The number of halogens is 1. The SMILES string of the molecule is CCNC(=O)CN(CC)c1cc(Cl)nc(N)n1. The van der Waals surface area contributed by atoms with E-state index < -0.39 is 0 Å². The number of carbonyl (C=O) groups is 1. The predicted molar refractivity (Wildman–Crippen MR) is 68.0 cm³/mol. The second-order valence-corrected chi connectivity index (χ2v) is 3.76. The smallest absolute Gasteiger partial charge is 0.239 e. The third-order valence-electron chi connectivity index (χ3n) is 2.11. The van der Waals surface area contributed by atoms with Crippen molar-refractivity contribution < 1.29 is 4.79 Å². The zero-order chi connectivity index (χ0) is 12.8. The maximum Gasteiger partial charge on any atom is 0.239 e. The summed E-state index contributed by atoms with van der Waals surface area (Å²) in [7, 11) is 0. The van der Waals surface area contributed by atoms with Crippen LogP contribution in [0.25, 0.3) is 0 Å². The Morgan fingerprint density at radius 2 is 2.24 bits per heavy atom. The zero-order valence-corrected chi connectivity index (χ0v) is 10.7. The molecule has 3 N–H and O–H groups in total. The molecule has 1 amide bonds. The standard InChI is InChI=1S/C10H16ClN5O/c1-3-13-9(17)6-16(4-2)8-5-7(11)14-10(12)15-8/h5H,3-4,6H2,1-2H3,(H,13,17)(H2,12,14,15). The number of hydrogen-bond acceptors (Lipinski definition) is 5. The molecular weight excluding hydrogens is 242 g/mol. The van der Waals surface area contributed by atoms with E-state index in [-0.39, 0.29) is 23.6 Å². The summed E-state index contributed by atoms with van der Waals surface area (Å²) in [6.45, 7) is 5.24. The van der Waals surface area contributed by atoms with Gasteiger partial charge in [-0.05, 0) is 13.8 Å². The molecule has 0 radical (unpaired) electrons. The van der Waals surface area contributed by atoms with Gasteiger partial charge in [-0.15, -0.1) is 0 Å². The van der Waals surface area contributed by atoms with Crippen molar-refractivity contribution >= 4 is 29.3 Å². The number of amides is 1. The largest absolute Gasteiger partial charge is 0.368 e. The van der Waals surface area contributed by atoms with Crippen LogP contribution in [0.3, 0.4) is 0 Å². The summed E-state index contributed by atoms with van der Waals surface area (Å²) >= 11 is 5.79. The van der Waals surface area contributed by atoms with Crippen molar-refractivity contribution in [2.75, 3.05) is 30.3 Å². The summed E-state index contributed by atoms with van der Waals surface area (Å²) in [4.78, 5) is 21.1. The molecule has 0 aliphatic heterocycles.